The van der Waals surface area contributed by atoms with Gasteiger partial charge in [0.2, 0.25) is 0 Å². The van der Waals surface area contributed by atoms with E-state index in [1.165, 1.54) is 38.0 Å². The largest absolute Gasteiger partial charge is 0.748 e. The van der Waals surface area contributed by atoms with E-state index in [1.807, 2.05) is 30.3 Å². The van der Waals surface area contributed by atoms with Crippen LogP contribution in [0.2, 0.25) is 0 Å². The van der Waals surface area contributed by atoms with Crippen molar-refractivity contribution in [3.8, 4) is 0 Å². The summed E-state index contributed by atoms with van der Waals surface area (Å²) in [5.41, 5.74) is 0. The molecule has 0 aliphatic rings. The minimum absolute atomic E-state index is 0. The van der Waals surface area contributed by atoms with Gasteiger partial charge in [-0.2, -0.15) is 12.1 Å². The molecule has 119 valence electrons. The van der Waals surface area contributed by atoms with Gasteiger partial charge in [-0.15, -0.1) is 13.2 Å². The Morgan fingerprint density at radius 2 is 1.20 bits per heavy atom. The van der Waals surface area contributed by atoms with Crippen molar-refractivity contribution in [3.63, 3.8) is 0 Å². The van der Waals surface area contributed by atoms with Crippen LogP contribution in [-0.4, -0.2) is 12.3 Å². The summed E-state index contributed by atoms with van der Waals surface area (Å²) in [4.78, 5) is 0. The summed E-state index contributed by atoms with van der Waals surface area (Å²) in [5, 5.41) is 1.63. The van der Waals surface area contributed by atoms with Gasteiger partial charge in [-0.3, -0.25) is 0 Å². The monoisotopic (exact) mass is 333 g/mol. The zero-order valence-corrected chi connectivity index (χ0v) is 14.7. The van der Waals surface area contributed by atoms with Gasteiger partial charge in [-0.05, 0) is 12.3 Å². The predicted molar refractivity (Wildman–Crippen MR) is 90.2 cm³/mol. The summed E-state index contributed by atoms with van der Waals surface area (Å²) >= 11 is 0. The van der Waals surface area contributed by atoms with Crippen LogP contribution < -0.4 is 5.30 Å². The smallest absolute Gasteiger partial charge is 0 e. The van der Waals surface area contributed by atoms with E-state index in [0.717, 1.165) is 0 Å². The molecule has 0 nitrogen and oxygen atoms in total. The van der Waals surface area contributed by atoms with E-state index in [-0.39, 0.29) is 24.7 Å². The Hall–Kier alpha value is -0.364. The molecule has 0 aromatic heterocycles. The molecule has 0 saturated carbocycles. The fourth-order valence-corrected chi connectivity index (χ4v) is 4.69. The van der Waals surface area contributed by atoms with Gasteiger partial charge < -0.3 is 30.3 Å². The van der Waals surface area contributed by atoms with Gasteiger partial charge in [0.1, 0.15) is 0 Å². The Balaban J connectivity index is 0.000000507. The Kier molecular flexibility index (Phi) is 13.4. The third-order valence-electron chi connectivity index (χ3n) is 3.13. The molecule has 0 amide bonds. The molecule has 0 N–H and O–H groups in total. The van der Waals surface area contributed by atoms with Crippen molar-refractivity contribution < 1.29 is 16.8 Å². The van der Waals surface area contributed by atoms with E-state index in [2.05, 4.69) is 38.1 Å². The zero-order chi connectivity index (χ0) is 13.8. The Labute approximate surface area is 136 Å². The van der Waals surface area contributed by atoms with Crippen LogP contribution in [0.3, 0.4) is 0 Å². The molecule has 0 aliphatic carbocycles. The fourth-order valence-electron chi connectivity index (χ4n) is 1.96. The number of unbranched alkanes of at least 4 members (excludes halogenated alkanes) is 2. The Morgan fingerprint density at radius 3 is 1.55 bits per heavy atom. The molecule has 1 radical (unpaired) electrons. The van der Waals surface area contributed by atoms with E-state index in [0.29, 0.717) is 0 Å². The van der Waals surface area contributed by atoms with Gasteiger partial charge in [-0.25, -0.2) is 12.1 Å². The van der Waals surface area contributed by atoms with Crippen molar-refractivity contribution in [1.82, 2.24) is 0 Å². The first kappa shape index (κ1) is 19.6. The maximum absolute atomic E-state index is 2.32. The summed E-state index contributed by atoms with van der Waals surface area (Å²) in [7, 11) is 0.169. The third-order valence-corrected chi connectivity index (χ3v) is 5.87. The summed E-state index contributed by atoms with van der Waals surface area (Å²) < 4.78 is 0. The molecule has 0 heterocycles. The molecule has 0 aliphatic heterocycles. The van der Waals surface area contributed by atoms with Crippen molar-refractivity contribution in [3.05, 3.63) is 54.6 Å². The van der Waals surface area contributed by atoms with Crippen LogP contribution in [0.4, 0.5) is 0 Å². The average molecular weight is 333 g/mol. The minimum atomic E-state index is 0. The van der Waals surface area contributed by atoms with E-state index < -0.39 is 0 Å². The molecule has 20 heavy (non-hydrogen) atoms. The second-order valence-electron chi connectivity index (χ2n) is 4.80. The fraction of sp³-hybridized carbons (Fsp3) is 0.444. The predicted octanol–water partition coefficient (Wildman–Crippen LogP) is 5.52. The topological polar surface area (TPSA) is 0 Å². The molecular formula is C18H27CoP-6. The third kappa shape index (κ3) is 8.74. The molecule has 2 heteroatoms. The summed E-state index contributed by atoms with van der Waals surface area (Å²) in [6, 6.07) is 19.0. The molecule has 2 aromatic carbocycles. The van der Waals surface area contributed by atoms with Gasteiger partial charge >= 0.3 is 0 Å². The zero-order valence-electron chi connectivity index (χ0n) is 12.7. The van der Waals surface area contributed by atoms with E-state index in [9.17, 15) is 0 Å². The van der Waals surface area contributed by atoms with Crippen LogP contribution in [0.5, 0.6) is 0 Å². The average Bonchev–Trinajstić information content (AvgIpc) is 3.14. The first-order valence-corrected chi connectivity index (χ1v) is 9.23. The van der Waals surface area contributed by atoms with Gasteiger partial charge in [0.15, 0.2) is 0 Å². The van der Waals surface area contributed by atoms with Crippen LogP contribution in [-0.2, 0) is 16.8 Å². The van der Waals surface area contributed by atoms with E-state index >= 15 is 0 Å². The number of hydrogen-bond donors (Lipinski definition) is 0. The van der Waals surface area contributed by atoms with Crippen molar-refractivity contribution in [2.45, 2.75) is 39.5 Å². The molecule has 0 saturated heterocycles. The quantitative estimate of drug-likeness (QED) is 0.462. The second kappa shape index (κ2) is 13.6. The second-order valence-corrected chi connectivity index (χ2v) is 7.29. The molecule has 0 atom stereocenters. The summed E-state index contributed by atoms with van der Waals surface area (Å²) in [5.74, 6) is 0. The van der Waals surface area contributed by atoms with Gasteiger partial charge in [-0.1, -0.05) is 39.5 Å². The van der Waals surface area contributed by atoms with Crippen molar-refractivity contribution in [1.29, 1.82) is 0 Å². The molecular weight excluding hydrogens is 306 g/mol. The molecule has 2 rings (SSSR count). The SMILES string of the molecule is CCCCP(CCCC)[c-]1cccc1.[Co].[cH-]1[cH-][cH-][cH-][cH-]1. The first-order valence-electron chi connectivity index (χ1n) is 7.51. The molecule has 0 fully saturated rings. The standard InChI is InChI=1S/C13H22P.C5H5.Co/c1-3-5-11-14(12-6-4-2)13-9-7-8-10-13;1-2-4-5-3-1;/h7-10H,3-6,11-12H2,1-2H3;1-5H;/q-1;-5;. The molecule has 2 aromatic rings. The van der Waals surface area contributed by atoms with Crippen LogP contribution in [0, 0.1) is 0 Å². The van der Waals surface area contributed by atoms with Crippen molar-refractivity contribution >= 4 is 13.2 Å². The van der Waals surface area contributed by atoms with Crippen molar-refractivity contribution in [2.24, 2.45) is 0 Å². The Bertz CT molecular complexity index is 339. The normalized spacial score (nSPS) is 9.75. The van der Waals surface area contributed by atoms with Gasteiger partial charge in [0, 0.05) is 16.8 Å². The first-order chi connectivity index (χ1) is 9.38. The molecule has 0 spiro atoms. The summed E-state index contributed by atoms with van der Waals surface area (Å²) in [6.07, 6.45) is 8.37. The number of rotatable bonds is 7. The Morgan fingerprint density at radius 1 is 0.800 bits per heavy atom. The maximum Gasteiger partial charge on any atom is 0 e. The molecule has 0 unspecified atom stereocenters. The van der Waals surface area contributed by atoms with Gasteiger partial charge in [0.05, 0.1) is 0 Å². The minimum Gasteiger partial charge on any atom is -0.748 e. The van der Waals surface area contributed by atoms with Crippen LogP contribution in [0.15, 0.2) is 54.6 Å². The van der Waals surface area contributed by atoms with E-state index in [1.54, 1.807) is 5.30 Å². The van der Waals surface area contributed by atoms with Gasteiger partial charge in [0.25, 0.3) is 0 Å². The van der Waals surface area contributed by atoms with Crippen molar-refractivity contribution in [2.75, 3.05) is 12.3 Å². The van der Waals surface area contributed by atoms with Crippen LogP contribution in [0.1, 0.15) is 39.5 Å². The summed E-state index contributed by atoms with van der Waals surface area (Å²) in [6.45, 7) is 4.58. The van der Waals surface area contributed by atoms with Crippen LogP contribution in [0.25, 0.3) is 0 Å². The van der Waals surface area contributed by atoms with E-state index in [4.69, 9.17) is 0 Å². The van der Waals surface area contributed by atoms with Crippen LogP contribution >= 0.6 is 7.92 Å². The molecule has 0 bridgehead atoms. The number of hydrogen-bond acceptors (Lipinski definition) is 0. The maximum atomic E-state index is 2.32.